The molecular weight excluding hydrogens is 328 g/mol. The number of rotatable bonds is 7. The lowest BCUT2D eigenvalue weighted by Crippen LogP contribution is -2.15. The molecule has 0 spiro atoms. The quantitative estimate of drug-likeness (QED) is 0.605. The molecule has 1 unspecified atom stereocenters. The van der Waals surface area contributed by atoms with Crippen LogP contribution in [0.15, 0.2) is 24.3 Å². The van der Waals surface area contributed by atoms with Gasteiger partial charge in [-0.2, -0.15) is 0 Å². The summed E-state index contributed by atoms with van der Waals surface area (Å²) < 4.78 is 4.93. The van der Waals surface area contributed by atoms with Gasteiger partial charge < -0.3 is 19.7 Å². The summed E-state index contributed by atoms with van der Waals surface area (Å²) in [6.45, 7) is 4.67. The van der Waals surface area contributed by atoms with Crippen molar-refractivity contribution in [1.82, 2.24) is 14.9 Å². The van der Waals surface area contributed by atoms with Crippen LogP contribution < -0.4 is 5.32 Å². The van der Waals surface area contributed by atoms with Crippen molar-refractivity contribution in [1.29, 1.82) is 0 Å². The number of hydrogen-bond acceptors (Lipinski definition) is 6. The van der Waals surface area contributed by atoms with Crippen molar-refractivity contribution >= 4 is 23.0 Å². The van der Waals surface area contributed by atoms with Gasteiger partial charge in [0.15, 0.2) is 0 Å². The molecule has 1 aromatic heterocycles. The van der Waals surface area contributed by atoms with Gasteiger partial charge in [-0.25, -0.2) is 9.97 Å². The normalized spacial score (nSPS) is 16.4. The molecule has 0 bridgehead atoms. The smallest absolute Gasteiger partial charge is 0.148 e. The molecule has 2 heterocycles. The number of aldehydes is 1. The van der Waals surface area contributed by atoms with Crippen molar-refractivity contribution in [2.75, 3.05) is 32.6 Å². The van der Waals surface area contributed by atoms with E-state index in [9.17, 15) is 4.79 Å². The molecule has 1 aliphatic rings. The van der Waals surface area contributed by atoms with Crippen molar-refractivity contribution in [2.24, 2.45) is 0 Å². The van der Waals surface area contributed by atoms with Gasteiger partial charge in [-0.05, 0) is 45.5 Å². The van der Waals surface area contributed by atoms with Gasteiger partial charge in [-0.3, -0.25) is 0 Å². The van der Waals surface area contributed by atoms with Gasteiger partial charge in [0.2, 0.25) is 0 Å². The molecular formula is C20H30N4O2. The minimum Gasteiger partial charge on any atom is -0.371 e. The summed E-state index contributed by atoms with van der Waals surface area (Å²) >= 11 is 0. The van der Waals surface area contributed by atoms with Crippen LogP contribution in [0, 0.1) is 0 Å². The van der Waals surface area contributed by atoms with Gasteiger partial charge in [-0.1, -0.05) is 25.5 Å². The highest BCUT2D eigenvalue weighted by molar-refractivity contribution is 5.88. The molecule has 1 N–H and O–H groups in total. The minimum absolute atomic E-state index is 0.0833. The molecule has 26 heavy (non-hydrogen) atoms. The van der Waals surface area contributed by atoms with Crippen LogP contribution >= 0.6 is 0 Å². The van der Waals surface area contributed by atoms with E-state index in [1.807, 2.05) is 32.3 Å². The number of para-hydroxylation sites is 1. The van der Waals surface area contributed by atoms with E-state index < -0.39 is 0 Å². The second-order valence-corrected chi connectivity index (χ2v) is 6.71. The number of unbranched alkanes of at least 4 members (excludes halogenated alkanes) is 1. The standard InChI is InChI=1S/C15H22N4.C5H8O2/c1-4-5-10-16-15-12-8-6-7-9-13(12)17-14(18-15)11-19(2)3;6-4-5-2-1-3-7-5/h6-9H,4-5,10-11H2,1-3H3,(H,16,17,18);4-5H,1-3H2. The van der Waals surface area contributed by atoms with E-state index in [4.69, 9.17) is 4.74 Å². The Morgan fingerprint density at radius 1 is 1.31 bits per heavy atom. The number of hydrogen-bond donors (Lipinski definition) is 1. The molecule has 2 aromatic rings. The number of nitrogens with zero attached hydrogens (tertiary/aromatic N) is 3. The van der Waals surface area contributed by atoms with Crippen LogP contribution in [-0.4, -0.2) is 54.5 Å². The Kier molecular flexibility index (Phi) is 8.44. The number of carbonyl (C=O) groups is 1. The number of fused-ring (bicyclic) bond motifs is 1. The van der Waals surface area contributed by atoms with Gasteiger partial charge in [0, 0.05) is 18.5 Å². The summed E-state index contributed by atoms with van der Waals surface area (Å²) in [6, 6.07) is 8.16. The molecule has 1 saturated heterocycles. The van der Waals surface area contributed by atoms with Crippen molar-refractivity contribution in [3.05, 3.63) is 30.1 Å². The highest BCUT2D eigenvalue weighted by Gasteiger charge is 2.12. The van der Waals surface area contributed by atoms with Gasteiger partial charge in [0.05, 0.1) is 12.1 Å². The third-order valence-electron chi connectivity index (χ3n) is 4.05. The number of anilines is 1. The monoisotopic (exact) mass is 358 g/mol. The molecule has 1 aromatic carbocycles. The fourth-order valence-corrected chi connectivity index (χ4v) is 2.71. The summed E-state index contributed by atoms with van der Waals surface area (Å²) in [5.74, 6) is 1.82. The predicted octanol–water partition coefficient (Wildman–Crippen LogP) is 3.27. The number of ether oxygens (including phenoxy) is 1. The predicted molar refractivity (Wildman–Crippen MR) is 105 cm³/mol. The molecule has 0 amide bonds. The number of nitrogens with one attached hydrogen (secondary N) is 1. The largest absolute Gasteiger partial charge is 0.371 e. The highest BCUT2D eigenvalue weighted by Crippen LogP contribution is 2.20. The molecule has 6 heteroatoms. The molecule has 3 rings (SSSR count). The zero-order valence-electron chi connectivity index (χ0n) is 16.1. The van der Waals surface area contributed by atoms with Crippen molar-refractivity contribution in [3.8, 4) is 0 Å². The summed E-state index contributed by atoms with van der Waals surface area (Å²) in [7, 11) is 4.06. The first kappa shape index (κ1) is 20.3. The topological polar surface area (TPSA) is 67.4 Å². The number of aromatic nitrogens is 2. The summed E-state index contributed by atoms with van der Waals surface area (Å²) in [4.78, 5) is 21.2. The van der Waals surface area contributed by atoms with E-state index in [2.05, 4.69) is 33.2 Å². The van der Waals surface area contributed by atoms with E-state index >= 15 is 0 Å². The summed E-state index contributed by atoms with van der Waals surface area (Å²) in [6.07, 6.45) is 5.09. The maximum absolute atomic E-state index is 9.88. The first-order chi connectivity index (χ1) is 12.6. The molecule has 6 nitrogen and oxygen atoms in total. The Morgan fingerprint density at radius 2 is 2.12 bits per heavy atom. The Morgan fingerprint density at radius 3 is 2.73 bits per heavy atom. The lowest BCUT2D eigenvalue weighted by molar-refractivity contribution is -0.115. The number of carbonyl (C=O) groups excluding carboxylic acids is 1. The second-order valence-electron chi connectivity index (χ2n) is 6.71. The van der Waals surface area contributed by atoms with Crippen LogP contribution in [0.2, 0.25) is 0 Å². The minimum atomic E-state index is -0.0833. The Labute approximate surface area is 156 Å². The lowest BCUT2D eigenvalue weighted by Gasteiger charge is -2.13. The van der Waals surface area contributed by atoms with E-state index in [0.717, 1.165) is 67.8 Å². The molecule has 142 valence electrons. The maximum Gasteiger partial charge on any atom is 0.148 e. The third kappa shape index (κ3) is 6.35. The Bertz CT molecular complexity index is 685. The molecule has 0 saturated carbocycles. The molecule has 1 atom stereocenters. The highest BCUT2D eigenvalue weighted by atomic mass is 16.5. The zero-order chi connectivity index (χ0) is 18.8. The maximum atomic E-state index is 9.88. The summed E-state index contributed by atoms with van der Waals surface area (Å²) in [5, 5.41) is 4.53. The van der Waals surface area contributed by atoms with Gasteiger partial charge in [-0.15, -0.1) is 0 Å². The number of benzene rings is 1. The van der Waals surface area contributed by atoms with E-state index in [1.165, 1.54) is 6.42 Å². The molecule has 0 radical (unpaired) electrons. The van der Waals surface area contributed by atoms with Crippen molar-refractivity contribution in [2.45, 2.75) is 45.3 Å². The average Bonchev–Trinajstić information content (AvgIpc) is 3.16. The van der Waals surface area contributed by atoms with Crippen LogP contribution in [0.1, 0.15) is 38.4 Å². The Hall–Kier alpha value is -2.05. The van der Waals surface area contributed by atoms with Crippen LogP contribution in [0.3, 0.4) is 0 Å². The fraction of sp³-hybridized carbons (Fsp3) is 0.550. The van der Waals surface area contributed by atoms with Crippen LogP contribution in [0.5, 0.6) is 0 Å². The fourth-order valence-electron chi connectivity index (χ4n) is 2.71. The first-order valence-electron chi connectivity index (χ1n) is 9.35. The van der Waals surface area contributed by atoms with Gasteiger partial charge in [0.1, 0.15) is 24.0 Å². The third-order valence-corrected chi connectivity index (χ3v) is 4.05. The van der Waals surface area contributed by atoms with Crippen molar-refractivity contribution in [3.63, 3.8) is 0 Å². The van der Waals surface area contributed by atoms with Crippen LogP contribution in [0.4, 0.5) is 5.82 Å². The molecule has 1 fully saturated rings. The van der Waals surface area contributed by atoms with E-state index in [-0.39, 0.29) is 6.10 Å². The average molecular weight is 358 g/mol. The van der Waals surface area contributed by atoms with Gasteiger partial charge in [0.25, 0.3) is 0 Å². The lowest BCUT2D eigenvalue weighted by atomic mass is 10.2. The van der Waals surface area contributed by atoms with Crippen molar-refractivity contribution < 1.29 is 9.53 Å². The van der Waals surface area contributed by atoms with Crippen LogP contribution in [0.25, 0.3) is 10.9 Å². The SMILES string of the molecule is CCCCNc1nc(CN(C)C)nc2ccccc12.O=CC1CCCO1. The Balaban J connectivity index is 0.000000290. The molecule has 1 aliphatic heterocycles. The summed E-state index contributed by atoms with van der Waals surface area (Å²) in [5.41, 5.74) is 1.01. The van der Waals surface area contributed by atoms with E-state index in [0.29, 0.717) is 0 Å². The van der Waals surface area contributed by atoms with Crippen LogP contribution in [-0.2, 0) is 16.1 Å². The first-order valence-corrected chi connectivity index (χ1v) is 9.35. The molecule has 0 aliphatic carbocycles. The van der Waals surface area contributed by atoms with E-state index in [1.54, 1.807) is 0 Å². The zero-order valence-corrected chi connectivity index (χ0v) is 16.1. The van der Waals surface area contributed by atoms with Gasteiger partial charge >= 0.3 is 0 Å². The second kappa shape index (κ2) is 10.8.